The number of rotatable bonds is 1. The number of aromatic nitrogens is 1. The van der Waals surface area contributed by atoms with E-state index in [1.165, 1.54) is 15.5 Å². The van der Waals surface area contributed by atoms with E-state index in [-0.39, 0.29) is 5.41 Å². The summed E-state index contributed by atoms with van der Waals surface area (Å²) >= 11 is 1.87. The lowest BCUT2D eigenvalue weighted by Gasteiger charge is -2.30. The zero-order valence-corrected chi connectivity index (χ0v) is 11.3. The highest BCUT2D eigenvalue weighted by Gasteiger charge is 2.26. The summed E-state index contributed by atoms with van der Waals surface area (Å²) in [7, 11) is 0. The summed E-state index contributed by atoms with van der Waals surface area (Å²) in [5.74, 6) is 0. The van der Waals surface area contributed by atoms with Gasteiger partial charge in [0.05, 0.1) is 0 Å². The van der Waals surface area contributed by atoms with Crippen molar-refractivity contribution in [2.75, 3.05) is 0 Å². The second-order valence-electron chi connectivity index (χ2n) is 5.28. The molecule has 0 saturated heterocycles. The number of hydrogen-bond acceptors (Lipinski definition) is 2. The molecule has 2 heterocycles. The van der Waals surface area contributed by atoms with Gasteiger partial charge in [0.15, 0.2) is 0 Å². The lowest BCUT2D eigenvalue weighted by Crippen LogP contribution is -2.14. The second kappa shape index (κ2) is 4.25. The molecule has 0 spiro atoms. The third-order valence-electron chi connectivity index (χ3n) is 2.88. The first kappa shape index (κ1) is 11.7. The van der Waals surface area contributed by atoms with Crippen molar-refractivity contribution in [1.82, 2.24) is 4.98 Å². The van der Waals surface area contributed by atoms with Crippen LogP contribution in [0.2, 0.25) is 0 Å². The van der Waals surface area contributed by atoms with Gasteiger partial charge in [-0.2, -0.15) is 0 Å². The van der Waals surface area contributed by atoms with E-state index in [1.54, 1.807) is 5.57 Å². The maximum absolute atomic E-state index is 4.48. The van der Waals surface area contributed by atoms with E-state index >= 15 is 0 Å². The lowest BCUT2D eigenvalue weighted by molar-refractivity contribution is 0.523. The Morgan fingerprint density at radius 1 is 1.38 bits per heavy atom. The predicted molar refractivity (Wildman–Crippen MR) is 70.6 cm³/mol. The highest BCUT2D eigenvalue weighted by Crippen LogP contribution is 2.46. The average molecular weight is 233 g/mol. The molecule has 0 aromatic carbocycles. The molecular weight excluding hydrogens is 214 g/mol. The number of allylic oxidation sites excluding steroid dienone is 2. The number of pyridine rings is 1. The summed E-state index contributed by atoms with van der Waals surface area (Å²) in [6.45, 7) is 9.12. The van der Waals surface area contributed by atoms with Crippen LogP contribution in [0.25, 0.3) is 0 Å². The van der Waals surface area contributed by atoms with Crippen molar-refractivity contribution < 1.29 is 0 Å². The van der Waals surface area contributed by atoms with E-state index in [9.17, 15) is 0 Å². The summed E-state index contributed by atoms with van der Waals surface area (Å²) in [6.07, 6.45) is 4.12. The van der Waals surface area contributed by atoms with Crippen LogP contribution < -0.4 is 0 Å². The van der Waals surface area contributed by atoms with Crippen LogP contribution in [0.3, 0.4) is 0 Å². The Bertz CT molecular complexity index is 427. The van der Waals surface area contributed by atoms with Gasteiger partial charge in [-0.1, -0.05) is 51.1 Å². The Morgan fingerprint density at radius 3 is 2.75 bits per heavy atom. The van der Waals surface area contributed by atoms with Crippen molar-refractivity contribution in [3.63, 3.8) is 0 Å². The molecule has 0 atom stereocenters. The van der Waals surface area contributed by atoms with Crippen molar-refractivity contribution >= 4 is 11.8 Å². The Morgan fingerprint density at radius 2 is 2.12 bits per heavy atom. The van der Waals surface area contributed by atoms with Crippen LogP contribution in [0, 0.1) is 5.41 Å². The van der Waals surface area contributed by atoms with Gasteiger partial charge in [-0.15, -0.1) is 0 Å². The molecule has 1 aliphatic heterocycles. The maximum atomic E-state index is 4.48. The van der Waals surface area contributed by atoms with Crippen LogP contribution in [0.5, 0.6) is 0 Å². The fourth-order valence-electron chi connectivity index (χ4n) is 2.10. The highest BCUT2D eigenvalue weighted by atomic mass is 32.2. The van der Waals surface area contributed by atoms with Crippen molar-refractivity contribution in [2.24, 2.45) is 5.41 Å². The van der Waals surface area contributed by atoms with Crippen LogP contribution in [0.4, 0.5) is 0 Å². The largest absolute Gasteiger partial charge is 0.249 e. The molecule has 1 aromatic heterocycles. The Balaban J connectivity index is 2.42. The molecule has 86 valence electrons. The smallest absolute Gasteiger partial charge is 0.104 e. The average Bonchev–Trinajstić information content (AvgIpc) is 2.26. The van der Waals surface area contributed by atoms with E-state index in [2.05, 4.69) is 38.7 Å². The van der Waals surface area contributed by atoms with E-state index in [0.29, 0.717) is 0 Å². The van der Waals surface area contributed by atoms with Gasteiger partial charge in [0.1, 0.15) is 5.03 Å². The first-order valence-electron chi connectivity index (χ1n) is 5.86. The van der Waals surface area contributed by atoms with Crippen LogP contribution in [-0.2, 0) is 6.42 Å². The van der Waals surface area contributed by atoms with E-state index < -0.39 is 0 Å². The topological polar surface area (TPSA) is 12.9 Å². The molecule has 1 aromatic rings. The molecule has 0 aliphatic carbocycles. The van der Waals surface area contributed by atoms with Gasteiger partial charge >= 0.3 is 0 Å². The van der Waals surface area contributed by atoms with Crippen LogP contribution in [0.15, 0.2) is 33.8 Å². The van der Waals surface area contributed by atoms with Crippen molar-refractivity contribution in [1.29, 1.82) is 0 Å². The van der Waals surface area contributed by atoms with Gasteiger partial charge in [0, 0.05) is 6.20 Å². The second-order valence-corrected chi connectivity index (χ2v) is 6.28. The van der Waals surface area contributed by atoms with E-state index in [1.807, 2.05) is 24.0 Å². The molecule has 1 aliphatic rings. The van der Waals surface area contributed by atoms with Crippen molar-refractivity contribution in [3.05, 3.63) is 34.4 Å². The zero-order valence-electron chi connectivity index (χ0n) is 10.5. The first-order chi connectivity index (χ1) is 7.52. The Hall–Kier alpha value is -0.760. The standard InChI is InChI=1S/C14H19NS/c1-5-10-9-11-7-6-8-15-13(11)16-12(10)14(2,3)4/h6-8H,5,9H2,1-4H3. The fraction of sp³-hybridized carbons (Fsp3) is 0.500. The minimum atomic E-state index is 0.241. The van der Waals surface area contributed by atoms with Crippen LogP contribution in [-0.4, -0.2) is 4.98 Å². The quantitative estimate of drug-likeness (QED) is 0.711. The first-order valence-corrected chi connectivity index (χ1v) is 6.68. The van der Waals surface area contributed by atoms with Crippen molar-refractivity contribution in [3.8, 4) is 0 Å². The molecule has 16 heavy (non-hydrogen) atoms. The molecule has 0 saturated carbocycles. The summed E-state index contributed by atoms with van der Waals surface area (Å²) in [5.41, 5.74) is 3.21. The Labute approximate surface area is 102 Å². The van der Waals surface area contributed by atoms with Gasteiger partial charge in [-0.25, -0.2) is 4.98 Å². The third-order valence-corrected chi connectivity index (χ3v) is 4.55. The minimum Gasteiger partial charge on any atom is -0.249 e. The number of nitrogens with zero attached hydrogens (tertiary/aromatic N) is 1. The molecule has 0 fully saturated rings. The molecule has 2 rings (SSSR count). The van der Waals surface area contributed by atoms with E-state index in [4.69, 9.17) is 0 Å². The molecular formula is C14H19NS. The molecule has 1 nitrogen and oxygen atoms in total. The van der Waals surface area contributed by atoms with Gasteiger partial charge in [0.25, 0.3) is 0 Å². The predicted octanol–water partition coefficient (Wildman–Crippen LogP) is 4.44. The van der Waals surface area contributed by atoms with Crippen LogP contribution in [0.1, 0.15) is 39.7 Å². The SMILES string of the molecule is CCC1=C(C(C)(C)C)Sc2ncccc2C1. The summed E-state index contributed by atoms with van der Waals surface area (Å²) < 4.78 is 0. The molecule has 0 amide bonds. The zero-order chi connectivity index (χ0) is 11.8. The highest BCUT2D eigenvalue weighted by molar-refractivity contribution is 8.03. The van der Waals surface area contributed by atoms with Crippen molar-refractivity contribution in [2.45, 2.75) is 45.6 Å². The molecule has 2 heteroatoms. The number of fused-ring (bicyclic) bond motifs is 1. The van der Waals surface area contributed by atoms with Gasteiger partial charge < -0.3 is 0 Å². The van der Waals surface area contributed by atoms with Gasteiger partial charge in [-0.3, -0.25) is 0 Å². The maximum Gasteiger partial charge on any atom is 0.104 e. The molecule has 0 bridgehead atoms. The van der Waals surface area contributed by atoms with Crippen LogP contribution >= 0.6 is 11.8 Å². The van der Waals surface area contributed by atoms with Gasteiger partial charge in [0.2, 0.25) is 0 Å². The fourth-order valence-corrected chi connectivity index (χ4v) is 3.34. The molecule has 0 unspecified atom stereocenters. The Kier molecular flexibility index (Phi) is 3.11. The summed E-state index contributed by atoms with van der Waals surface area (Å²) in [5, 5.41) is 1.20. The molecule has 0 N–H and O–H groups in total. The normalized spacial score (nSPS) is 16.2. The summed E-state index contributed by atoms with van der Waals surface area (Å²) in [4.78, 5) is 6.00. The third kappa shape index (κ3) is 2.17. The minimum absolute atomic E-state index is 0.241. The summed E-state index contributed by atoms with van der Waals surface area (Å²) in [6, 6.07) is 4.24. The van der Waals surface area contributed by atoms with E-state index in [0.717, 1.165) is 12.8 Å². The number of hydrogen-bond donors (Lipinski definition) is 0. The number of thioether (sulfide) groups is 1. The van der Waals surface area contributed by atoms with Gasteiger partial charge in [-0.05, 0) is 34.8 Å². The monoisotopic (exact) mass is 233 g/mol. The lowest BCUT2D eigenvalue weighted by atomic mass is 9.89. The molecule has 0 radical (unpaired) electrons.